The normalized spacial score (nSPS) is 15.1. The molecule has 0 radical (unpaired) electrons. The van der Waals surface area contributed by atoms with E-state index in [4.69, 9.17) is 4.74 Å². The maximum absolute atomic E-state index is 12.9. The van der Waals surface area contributed by atoms with Crippen LogP contribution >= 0.6 is 0 Å². The third-order valence-corrected chi connectivity index (χ3v) is 7.61. The van der Waals surface area contributed by atoms with Crippen molar-refractivity contribution >= 4 is 27.6 Å². The molecular formula is C24H30N2O5S. The first-order valence-electron chi connectivity index (χ1n) is 10.9. The van der Waals surface area contributed by atoms with E-state index in [0.29, 0.717) is 35.7 Å². The molecule has 172 valence electrons. The molecule has 0 bridgehead atoms. The minimum Gasteiger partial charge on any atom is -0.465 e. The van der Waals surface area contributed by atoms with Crippen molar-refractivity contribution in [2.24, 2.45) is 0 Å². The fourth-order valence-electron chi connectivity index (χ4n) is 3.73. The van der Waals surface area contributed by atoms with Gasteiger partial charge in [0.15, 0.2) is 0 Å². The van der Waals surface area contributed by atoms with Gasteiger partial charge in [0.1, 0.15) is 0 Å². The number of sulfonamides is 1. The van der Waals surface area contributed by atoms with Crippen LogP contribution in [0, 0.1) is 6.92 Å². The number of esters is 1. The van der Waals surface area contributed by atoms with Crippen molar-refractivity contribution in [2.45, 2.75) is 50.3 Å². The first-order valence-corrected chi connectivity index (χ1v) is 12.3. The van der Waals surface area contributed by atoms with Crippen molar-refractivity contribution in [1.82, 2.24) is 4.31 Å². The molecule has 0 aliphatic carbocycles. The van der Waals surface area contributed by atoms with Crippen LogP contribution in [-0.4, -0.2) is 44.8 Å². The second-order valence-electron chi connectivity index (χ2n) is 8.03. The van der Waals surface area contributed by atoms with Gasteiger partial charge in [-0.2, -0.15) is 4.31 Å². The van der Waals surface area contributed by atoms with Gasteiger partial charge in [-0.15, -0.1) is 0 Å². The number of benzene rings is 2. The van der Waals surface area contributed by atoms with Crippen molar-refractivity contribution in [1.29, 1.82) is 0 Å². The minimum absolute atomic E-state index is 0.184. The van der Waals surface area contributed by atoms with Crippen LogP contribution in [0.3, 0.4) is 0 Å². The average Bonchev–Trinajstić information content (AvgIpc) is 3.09. The molecule has 0 unspecified atom stereocenters. The van der Waals surface area contributed by atoms with Crippen LogP contribution in [0.15, 0.2) is 47.4 Å². The molecule has 1 aliphatic rings. The first-order chi connectivity index (χ1) is 15.3. The number of carbonyl (C=O) groups excluding carboxylic acids is 2. The molecule has 8 heteroatoms. The summed E-state index contributed by atoms with van der Waals surface area (Å²) in [7, 11) is -2.17. The van der Waals surface area contributed by atoms with Crippen molar-refractivity contribution < 1.29 is 22.7 Å². The van der Waals surface area contributed by atoms with Crippen LogP contribution in [0.25, 0.3) is 0 Å². The lowest BCUT2D eigenvalue weighted by molar-refractivity contribution is -0.116. The molecule has 32 heavy (non-hydrogen) atoms. The Bertz CT molecular complexity index is 1060. The summed E-state index contributed by atoms with van der Waals surface area (Å²) in [5, 5.41) is 2.84. The van der Waals surface area contributed by atoms with E-state index in [9.17, 15) is 18.0 Å². The second-order valence-corrected chi connectivity index (χ2v) is 9.97. The molecule has 1 amide bonds. The van der Waals surface area contributed by atoms with Gasteiger partial charge >= 0.3 is 5.97 Å². The quantitative estimate of drug-likeness (QED) is 0.635. The van der Waals surface area contributed by atoms with Crippen LogP contribution in [0.5, 0.6) is 0 Å². The van der Waals surface area contributed by atoms with Crippen LogP contribution in [0.4, 0.5) is 5.69 Å². The molecule has 2 aromatic carbocycles. The Kier molecular flexibility index (Phi) is 8.04. The Morgan fingerprint density at radius 1 is 1.00 bits per heavy atom. The first kappa shape index (κ1) is 23.9. The van der Waals surface area contributed by atoms with Gasteiger partial charge in [-0.3, -0.25) is 4.79 Å². The fourth-order valence-corrected chi connectivity index (χ4v) is 5.25. The summed E-state index contributed by atoms with van der Waals surface area (Å²) in [5.74, 6) is -0.646. The summed E-state index contributed by atoms with van der Waals surface area (Å²) < 4.78 is 32.1. The number of nitrogens with one attached hydrogen (secondary N) is 1. The number of aryl methyl sites for hydroxylation is 2. The van der Waals surface area contributed by atoms with Crippen molar-refractivity contribution in [3.05, 3.63) is 59.2 Å². The summed E-state index contributed by atoms with van der Waals surface area (Å²) >= 11 is 0. The summed E-state index contributed by atoms with van der Waals surface area (Å²) in [6.45, 7) is 2.99. The van der Waals surface area contributed by atoms with Gasteiger partial charge in [0.05, 0.1) is 17.6 Å². The zero-order valence-corrected chi connectivity index (χ0v) is 19.4. The van der Waals surface area contributed by atoms with E-state index in [1.54, 1.807) is 46.8 Å². The smallest absolute Gasteiger partial charge is 0.337 e. The number of hydrogen-bond donors (Lipinski definition) is 1. The van der Waals surface area contributed by atoms with Gasteiger partial charge in [-0.25, -0.2) is 13.2 Å². The van der Waals surface area contributed by atoms with Gasteiger partial charge in [0.2, 0.25) is 15.9 Å². The highest BCUT2D eigenvalue weighted by atomic mass is 32.2. The molecule has 1 N–H and O–H groups in total. The number of nitrogens with zero attached hydrogens (tertiary/aromatic N) is 1. The molecule has 0 atom stereocenters. The number of amides is 1. The molecule has 1 aliphatic heterocycles. The van der Waals surface area contributed by atoms with E-state index in [1.165, 1.54) is 7.11 Å². The molecule has 7 nitrogen and oxygen atoms in total. The molecule has 0 saturated carbocycles. The van der Waals surface area contributed by atoms with Gasteiger partial charge in [0.25, 0.3) is 0 Å². The lowest BCUT2D eigenvalue weighted by atomic mass is 10.1. The molecule has 0 spiro atoms. The zero-order valence-electron chi connectivity index (χ0n) is 18.6. The zero-order chi connectivity index (χ0) is 23.1. The maximum atomic E-state index is 12.9. The molecule has 2 aromatic rings. The summed E-state index contributed by atoms with van der Waals surface area (Å²) in [6, 6.07) is 11.8. The fraction of sp³-hybridized carbons (Fsp3) is 0.417. The second kappa shape index (κ2) is 10.7. The molecule has 1 saturated heterocycles. The van der Waals surface area contributed by atoms with E-state index < -0.39 is 16.0 Å². The lowest BCUT2D eigenvalue weighted by Gasteiger charge is -2.20. The number of ether oxygens (including phenoxy) is 1. The Morgan fingerprint density at radius 2 is 1.66 bits per heavy atom. The Morgan fingerprint density at radius 3 is 2.28 bits per heavy atom. The SMILES string of the molecule is COC(=O)c1ccc(C)c(NC(=O)CCc2ccc(S(=O)(=O)N3CCCCCC3)cc2)c1. The molecule has 3 rings (SSSR count). The van der Waals surface area contributed by atoms with Gasteiger partial charge in [-0.1, -0.05) is 31.0 Å². The van der Waals surface area contributed by atoms with E-state index in [0.717, 1.165) is 36.8 Å². The van der Waals surface area contributed by atoms with Crippen molar-refractivity contribution in [3.63, 3.8) is 0 Å². The Balaban J connectivity index is 1.59. The standard InChI is InChI=1S/C24H30N2O5S/c1-18-7-11-20(24(28)31-2)17-22(18)25-23(27)14-10-19-8-12-21(13-9-19)32(29,30)26-15-5-3-4-6-16-26/h7-9,11-13,17H,3-6,10,14-16H2,1-2H3,(H,25,27). The monoisotopic (exact) mass is 458 g/mol. The number of carbonyl (C=O) groups is 2. The predicted octanol–water partition coefficient (Wildman–Crippen LogP) is 3.92. The van der Waals surface area contributed by atoms with Crippen LogP contribution < -0.4 is 5.32 Å². The van der Waals surface area contributed by atoms with E-state index in [1.807, 2.05) is 6.92 Å². The van der Waals surface area contributed by atoms with Gasteiger partial charge in [0, 0.05) is 25.2 Å². The highest BCUT2D eigenvalue weighted by molar-refractivity contribution is 7.89. The summed E-state index contributed by atoms with van der Waals surface area (Å²) in [4.78, 5) is 24.4. The van der Waals surface area contributed by atoms with Crippen molar-refractivity contribution in [2.75, 3.05) is 25.5 Å². The van der Waals surface area contributed by atoms with Gasteiger partial charge < -0.3 is 10.1 Å². The van der Waals surface area contributed by atoms with Gasteiger partial charge in [-0.05, 0) is 61.6 Å². The highest BCUT2D eigenvalue weighted by Crippen LogP contribution is 2.22. The summed E-state index contributed by atoms with van der Waals surface area (Å²) in [5.41, 5.74) is 2.66. The third-order valence-electron chi connectivity index (χ3n) is 5.70. The number of hydrogen-bond acceptors (Lipinski definition) is 5. The van der Waals surface area contributed by atoms with Crippen LogP contribution in [-0.2, 0) is 26.0 Å². The topological polar surface area (TPSA) is 92.8 Å². The Hall–Kier alpha value is -2.71. The molecule has 1 fully saturated rings. The molecule has 1 heterocycles. The number of anilines is 1. The maximum Gasteiger partial charge on any atom is 0.337 e. The van der Waals surface area contributed by atoms with Crippen molar-refractivity contribution in [3.8, 4) is 0 Å². The third kappa shape index (κ3) is 5.95. The van der Waals surface area contributed by atoms with E-state index >= 15 is 0 Å². The van der Waals surface area contributed by atoms with Crippen LogP contribution in [0.1, 0.15) is 53.6 Å². The average molecular weight is 459 g/mol. The Labute approximate surface area is 189 Å². The predicted molar refractivity (Wildman–Crippen MR) is 123 cm³/mol. The summed E-state index contributed by atoms with van der Waals surface area (Å²) in [6.07, 6.45) is 4.65. The highest BCUT2D eigenvalue weighted by Gasteiger charge is 2.24. The molecule has 0 aromatic heterocycles. The van der Waals surface area contributed by atoms with Crippen LogP contribution in [0.2, 0.25) is 0 Å². The largest absolute Gasteiger partial charge is 0.465 e. The number of rotatable bonds is 7. The lowest BCUT2D eigenvalue weighted by Crippen LogP contribution is -2.31. The number of methoxy groups -OCH3 is 1. The van der Waals surface area contributed by atoms with E-state index in [-0.39, 0.29) is 12.3 Å². The minimum atomic E-state index is -3.48. The van der Waals surface area contributed by atoms with E-state index in [2.05, 4.69) is 5.32 Å². The molecular weight excluding hydrogens is 428 g/mol.